The van der Waals surface area contributed by atoms with Crippen molar-refractivity contribution in [2.75, 3.05) is 17.6 Å². The molecule has 1 aromatic rings. The number of aromatic amines is 1. The van der Waals surface area contributed by atoms with Gasteiger partial charge in [-0.05, 0) is 25.7 Å². The fourth-order valence-electron chi connectivity index (χ4n) is 2.19. The van der Waals surface area contributed by atoms with E-state index in [1.165, 1.54) is 4.57 Å². The number of aliphatic hydroxyl groups is 1. The number of H-pyrrole nitrogens is 1. The molecule has 0 radical (unpaired) electrons. The molecule has 1 fully saturated rings. The molecule has 2 rings (SSSR count). The van der Waals surface area contributed by atoms with Gasteiger partial charge in [-0.1, -0.05) is 0 Å². The van der Waals surface area contributed by atoms with Gasteiger partial charge in [0.25, 0.3) is 5.56 Å². The largest absolute Gasteiger partial charge is 0.393 e. The number of hydrogen-bond acceptors (Lipinski definition) is 5. The Kier molecular flexibility index (Phi) is 3.42. The molecule has 0 aromatic carbocycles. The number of nitrogens with two attached hydrogens (primary N) is 1. The maximum Gasteiger partial charge on any atom is 0.330 e. The third-order valence-corrected chi connectivity index (χ3v) is 3.33. The second-order valence-corrected chi connectivity index (χ2v) is 4.64. The van der Waals surface area contributed by atoms with Crippen LogP contribution in [0.5, 0.6) is 0 Å². The molecule has 100 valence electrons. The van der Waals surface area contributed by atoms with Gasteiger partial charge in [0.05, 0.1) is 6.10 Å². The Hall–Kier alpha value is -1.76. The Morgan fingerprint density at radius 2 is 2.17 bits per heavy atom. The lowest BCUT2D eigenvalue weighted by molar-refractivity contribution is 0.0487. The summed E-state index contributed by atoms with van der Waals surface area (Å²) in [4.78, 5) is 25.3. The molecular formula is C11H18N4O3. The van der Waals surface area contributed by atoms with Crippen molar-refractivity contribution < 1.29 is 5.11 Å². The molecule has 0 aliphatic heterocycles. The predicted molar refractivity (Wildman–Crippen MR) is 68.6 cm³/mol. The first-order chi connectivity index (χ1) is 8.52. The van der Waals surface area contributed by atoms with Gasteiger partial charge in [0.15, 0.2) is 0 Å². The van der Waals surface area contributed by atoms with Crippen molar-refractivity contribution in [3.8, 4) is 0 Å². The highest BCUT2D eigenvalue weighted by molar-refractivity contribution is 5.60. The van der Waals surface area contributed by atoms with E-state index in [2.05, 4.69) is 10.3 Å². The maximum atomic E-state index is 11.7. The lowest BCUT2D eigenvalue weighted by Crippen LogP contribution is -2.37. The minimum Gasteiger partial charge on any atom is -0.393 e. The third-order valence-electron chi connectivity index (χ3n) is 3.33. The average molecular weight is 254 g/mol. The van der Waals surface area contributed by atoms with Crippen molar-refractivity contribution in [2.45, 2.75) is 32.4 Å². The highest BCUT2D eigenvalue weighted by Crippen LogP contribution is 2.27. The number of rotatable bonds is 4. The number of nitrogens with one attached hydrogen (secondary N) is 2. The molecule has 5 N–H and O–H groups in total. The Bertz CT molecular complexity index is 542. The predicted octanol–water partition coefficient (Wildman–Crippen LogP) is -0.678. The number of anilines is 2. The number of aromatic nitrogens is 2. The molecule has 1 aliphatic carbocycles. The molecule has 7 nitrogen and oxygen atoms in total. The van der Waals surface area contributed by atoms with Crippen LogP contribution in [0, 0.1) is 5.92 Å². The van der Waals surface area contributed by atoms with E-state index in [9.17, 15) is 14.7 Å². The molecule has 18 heavy (non-hydrogen) atoms. The van der Waals surface area contributed by atoms with Crippen LogP contribution in [0.15, 0.2) is 9.59 Å². The van der Waals surface area contributed by atoms with E-state index < -0.39 is 11.2 Å². The topological polar surface area (TPSA) is 113 Å². The van der Waals surface area contributed by atoms with E-state index in [0.717, 1.165) is 12.8 Å². The molecule has 0 atom stereocenters. The first-order valence-electron chi connectivity index (χ1n) is 6.07. The minimum atomic E-state index is -0.498. The fourth-order valence-corrected chi connectivity index (χ4v) is 2.19. The van der Waals surface area contributed by atoms with Gasteiger partial charge in [-0.3, -0.25) is 14.3 Å². The maximum absolute atomic E-state index is 11.7. The molecule has 0 saturated heterocycles. The van der Waals surface area contributed by atoms with Gasteiger partial charge in [-0.25, -0.2) is 4.79 Å². The summed E-state index contributed by atoms with van der Waals surface area (Å²) < 4.78 is 1.30. The van der Waals surface area contributed by atoms with Gasteiger partial charge in [-0.2, -0.15) is 0 Å². The highest BCUT2D eigenvalue weighted by Gasteiger charge is 2.27. The van der Waals surface area contributed by atoms with E-state index in [1.807, 2.05) is 0 Å². The molecule has 0 spiro atoms. The first-order valence-corrected chi connectivity index (χ1v) is 6.07. The van der Waals surface area contributed by atoms with Gasteiger partial charge in [0.2, 0.25) is 0 Å². The Morgan fingerprint density at radius 3 is 2.72 bits per heavy atom. The summed E-state index contributed by atoms with van der Waals surface area (Å²) in [5.41, 5.74) is 5.04. The van der Waals surface area contributed by atoms with E-state index in [4.69, 9.17) is 5.73 Å². The van der Waals surface area contributed by atoms with Crippen LogP contribution in [-0.2, 0) is 6.54 Å². The molecular weight excluding hydrogens is 236 g/mol. The minimum absolute atomic E-state index is 0.158. The SMILES string of the molecule is CCn1c(N)c(NCC2CC(O)C2)c(=O)[nH]c1=O. The Balaban J connectivity index is 2.17. The van der Waals surface area contributed by atoms with Crippen LogP contribution in [-0.4, -0.2) is 27.3 Å². The molecule has 1 saturated carbocycles. The summed E-state index contributed by atoms with van der Waals surface area (Å²) in [7, 11) is 0. The number of nitrogen functional groups attached to an aromatic ring is 1. The van der Waals surface area contributed by atoms with Crippen molar-refractivity contribution >= 4 is 11.5 Å². The van der Waals surface area contributed by atoms with Crippen LogP contribution in [0.3, 0.4) is 0 Å². The van der Waals surface area contributed by atoms with Gasteiger partial charge in [0.1, 0.15) is 11.5 Å². The normalized spacial score (nSPS) is 22.6. The molecule has 0 unspecified atom stereocenters. The summed E-state index contributed by atoms with van der Waals surface area (Å²) in [6.45, 7) is 2.76. The average Bonchev–Trinajstić information content (AvgIpc) is 2.26. The van der Waals surface area contributed by atoms with Crippen molar-refractivity contribution in [2.24, 2.45) is 5.92 Å². The van der Waals surface area contributed by atoms with E-state index >= 15 is 0 Å². The van der Waals surface area contributed by atoms with Crippen LogP contribution in [0.25, 0.3) is 0 Å². The van der Waals surface area contributed by atoms with Gasteiger partial charge >= 0.3 is 5.69 Å². The van der Waals surface area contributed by atoms with Crippen LogP contribution in [0.2, 0.25) is 0 Å². The summed E-state index contributed by atoms with van der Waals surface area (Å²) in [5, 5.41) is 12.1. The number of nitrogens with zero attached hydrogens (tertiary/aromatic N) is 1. The second kappa shape index (κ2) is 4.85. The zero-order chi connectivity index (χ0) is 13.3. The standard InChI is InChI=1S/C11H18N4O3/c1-2-15-9(12)8(10(17)14-11(15)18)13-5-6-3-7(16)4-6/h6-7,13,16H,2-5,12H2,1H3,(H,14,17,18). The monoisotopic (exact) mass is 254 g/mol. The zero-order valence-corrected chi connectivity index (χ0v) is 10.3. The first kappa shape index (κ1) is 12.7. The summed E-state index contributed by atoms with van der Waals surface area (Å²) in [6, 6.07) is 0. The molecule has 0 bridgehead atoms. The number of aliphatic hydroxyl groups excluding tert-OH is 1. The van der Waals surface area contributed by atoms with Crippen LogP contribution in [0.1, 0.15) is 19.8 Å². The van der Waals surface area contributed by atoms with Crippen LogP contribution in [0.4, 0.5) is 11.5 Å². The van der Waals surface area contributed by atoms with E-state index in [0.29, 0.717) is 19.0 Å². The second-order valence-electron chi connectivity index (χ2n) is 4.64. The van der Waals surface area contributed by atoms with Crippen molar-refractivity contribution in [3.63, 3.8) is 0 Å². The Labute approximate surface area is 104 Å². The van der Waals surface area contributed by atoms with Crippen LogP contribution >= 0.6 is 0 Å². The molecule has 1 aromatic heterocycles. The van der Waals surface area contributed by atoms with Crippen LogP contribution < -0.4 is 22.3 Å². The lowest BCUT2D eigenvalue weighted by atomic mass is 9.82. The van der Waals surface area contributed by atoms with Crippen molar-refractivity contribution in [1.82, 2.24) is 9.55 Å². The summed E-state index contributed by atoms with van der Waals surface area (Å²) >= 11 is 0. The van der Waals surface area contributed by atoms with Gasteiger partial charge in [-0.15, -0.1) is 0 Å². The quantitative estimate of drug-likeness (QED) is 0.568. The summed E-state index contributed by atoms with van der Waals surface area (Å²) in [5.74, 6) is 0.506. The summed E-state index contributed by atoms with van der Waals surface area (Å²) in [6.07, 6.45) is 1.24. The molecule has 7 heteroatoms. The van der Waals surface area contributed by atoms with E-state index in [1.54, 1.807) is 6.92 Å². The van der Waals surface area contributed by atoms with E-state index in [-0.39, 0.29) is 17.6 Å². The third kappa shape index (κ3) is 2.26. The zero-order valence-electron chi connectivity index (χ0n) is 10.3. The van der Waals surface area contributed by atoms with Crippen molar-refractivity contribution in [1.29, 1.82) is 0 Å². The lowest BCUT2D eigenvalue weighted by Gasteiger charge is -2.31. The van der Waals surface area contributed by atoms with Gasteiger partial charge in [0, 0.05) is 13.1 Å². The molecule has 0 amide bonds. The smallest absolute Gasteiger partial charge is 0.330 e. The Morgan fingerprint density at radius 1 is 1.50 bits per heavy atom. The number of hydrogen-bond donors (Lipinski definition) is 4. The molecule has 1 aliphatic rings. The van der Waals surface area contributed by atoms with Gasteiger partial charge < -0.3 is 16.2 Å². The molecule has 1 heterocycles. The fraction of sp³-hybridized carbons (Fsp3) is 0.636. The van der Waals surface area contributed by atoms with Crippen molar-refractivity contribution in [3.05, 3.63) is 20.8 Å². The highest BCUT2D eigenvalue weighted by atomic mass is 16.3.